The van der Waals surface area contributed by atoms with Gasteiger partial charge in [-0.15, -0.1) is 0 Å². The molecule has 0 saturated heterocycles. The fraction of sp³-hybridized carbons (Fsp3) is 0.235. The molecule has 0 fully saturated rings. The van der Waals surface area contributed by atoms with Crippen LogP contribution in [0.15, 0.2) is 60.7 Å². The van der Waals surface area contributed by atoms with E-state index in [2.05, 4.69) is 19.1 Å². The first-order chi connectivity index (χ1) is 9.18. The molecule has 2 heteroatoms. The van der Waals surface area contributed by atoms with E-state index in [1.54, 1.807) is 0 Å². The fourth-order valence-electron chi connectivity index (χ4n) is 2.21. The van der Waals surface area contributed by atoms with Crippen molar-refractivity contribution >= 4 is 5.97 Å². The molecule has 0 amide bonds. The normalized spacial score (nSPS) is 13.6. The van der Waals surface area contributed by atoms with Gasteiger partial charge in [0.05, 0.1) is 0 Å². The lowest BCUT2D eigenvalue weighted by Gasteiger charge is -2.24. The zero-order valence-corrected chi connectivity index (χ0v) is 11.2. The third kappa shape index (κ3) is 3.44. The van der Waals surface area contributed by atoms with Crippen LogP contribution in [-0.4, -0.2) is 5.97 Å². The summed E-state index contributed by atoms with van der Waals surface area (Å²) in [6.45, 7) is 3.53. The van der Waals surface area contributed by atoms with Crippen LogP contribution in [0.25, 0.3) is 0 Å². The van der Waals surface area contributed by atoms with Gasteiger partial charge in [-0.05, 0) is 11.1 Å². The number of hydrogen-bond donors (Lipinski definition) is 0. The van der Waals surface area contributed by atoms with E-state index in [4.69, 9.17) is 4.74 Å². The lowest BCUT2D eigenvalue weighted by Crippen LogP contribution is -2.15. The molecule has 19 heavy (non-hydrogen) atoms. The molecule has 0 radical (unpaired) electrons. The summed E-state index contributed by atoms with van der Waals surface area (Å²) in [5, 5.41) is 0. The van der Waals surface area contributed by atoms with E-state index in [1.165, 1.54) is 6.92 Å². The molecule has 0 saturated carbocycles. The van der Waals surface area contributed by atoms with Gasteiger partial charge in [-0.25, -0.2) is 0 Å². The van der Waals surface area contributed by atoms with Crippen molar-refractivity contribution in [1.82, 2.24) is 0 Å². The van der Waals surface area contributed by atoms with Gasteiger partial charge in [0.25, 0.3) is 0 Å². The second-order valence-corrected chi connectivity index (χ2v) is 4.64. The van der Waals surface area contributed by atoms with E-state index in [0.717, 1.165) is 11.1 Å². The Bertz CT molecular complexity index is 519. The number of carbonyl (C=O) groups excluding carboxylic acids is 1. The van der Waals surface area contributed by atoms with E-state index in [9.17, 15) is 4.79 Å². The Morgan fingerprint density at radius 3 is 1.84 bits per heavy atom. The van der Waals surface area contributed by atoms with Gasteiger partial charge >= 0.3 is 5.97 Å². The maximum absolute atomic E-state index is 11.3. The Labute approximate surface area is 114 Å². The third-order valence-electron chi connectivity index (χ3n) is 3.20. The third-order valence-corrected chi connectivity index (χ3v) is 3.20. The van der Waals surface area contributed by atoms with E-state index in [0.29, 0.717) is 0 Å². The number of hydrogen-bond acceptors (Lipinski definition) is 2. The average Bonchev–Trinajstić information content (AvgIpc) is 2.46. The highest BCUT2D eigenvalue weighted by Crippen LogP contribution is 2.33. The smallest absolute Gasteiger partial charge is 0.303 e. The van der Waals surface area contributed by atoms with Crippen LogP contribution in [0.3, 0.4) is 0 Å². The van der Waals surface area contributed by atoms with Crippen molar-refractivity contribution in [2.24, 2.45) is 0 Å². The lowest BCUT2D eigenvalue weighted by molar-refractivity contribution is -0.147. The number of ether oxygens (including phenoxy) is 1. The molecule has 0 spiro atoms. The van der Waals surface area contributed by atoms with Crippen LogP contribution >= 0.6 is 0 Å². The Hall–Kier alpha value is -2.09. The minimum Gasteiger partial charge on any atom is -0.457 e. The molecule has 2 atom stereocenters. The first-order valence-corrected chi connectivity index (χ1v) is 6.45. The number of benzene rings is 2. The number of esters is 1. The highest BCUT2D eigenvalue weighted by Gasteiger charge is 2.23. The molecular weight excluding hydrogens is 236 g/mol. The van der Waals surface area contributed by atoms with Crippen molar-refractivity contribution in [2.75, 3.05) is 0 Å². The maximum Gasteiger partial charge on any atom is 0.303 e. The van der Waals surface area contributed by atoms with Crippen molar-refractivity contribution in [3.05, 3.63) is 71.8 Å². The highest BCUT2D eigenvalue weighted by molar-refractivity contribution is 5.66. The van der Waals surface area contributed by atoms with E-state index < -0.39 is 0 Å². The second kappa shape index (κ2) is 6.19. The van der Waals surface area contributed by atoms with Gasteiger partial charge in [-0.3, -0.25) is 4.79 Å². The fourth-order valence-corrected chi connectivity index (χ4v) is 2.21. The minimum absolute atomic E-state index is 0.118. The van der Waals surface area contributed by atoms with Gasteiger partial charge < -0.3 is 4.74 Å². The SMILES string of the molecule is CC(=O)OC(c1ccccc1)C(C)c1ccccc1. The summed E-state index contributed by atoms with van der Waals surface area (Å²) in [4.78, 5) is 11.3. The van der Waals surface area contributed by atoms with Crippen molar-refractivity contribution in [3.8, 4) is 0 Å². The summed E-state index contributed by atoms with van der Waals surface area (Å²) in [5.74, 6) is -0.135. The molecule has 2 nitrogen and oxygen atoms in total. The Balaban J connectivity index is 2.30. The molecule has 98 valence electrons. The van der Waals surface area contributed by atoms with Gasteiger partial charge in [0, 0.05) is 12.8 Å². The van der Waals surface area contributed by atoms with Crippen LogP contribution in [0.2, 0.25) is 0 Å². The average molecular weight is 254 g/mol. The zero-order chi connectivity index (χ0) is 13.7. The molecule has 2 aromatic rings. The first kappa shape index (κ1) is 13.3. The molecule has 0 aliphatic rings. The minimum atomic E-state index is -0.253. The van der Waals surface area contributed by atoms with Gasteiger partial charge in [0.2, 0.25) is 0 Å². The topological polar surface area (TPSA) is 26.3 Å². The Morgan fingerprint density at radius 2 is 1.37 bits per heavy atom. The molecule has 0 aromatic heterocycles. The summed E-state index contributed by atoms with van der Waals surface area (Å²) in [7, 11) is 0. The van der Waals surface area contributed by atoms with Crippen LogP contribution < -0.4 is 0 Å². The Morgan fingerprint density at radius 1 is 0.895 bits per heavy atom. The molecule has 0 heterocycles. The zero-order valence-electron chi connectivity index (χ0n) is 11.2. The van der Waals surface area contributed by atoms with Gasteiger partial charge in [0.1, 0.15) is 6.10 Å². The molecule has 0 aliphatic heterocycles. The van der Waals surface area contributed by atoms with E-state index >= 15 is 0 Å². The summed E-state index contributed by atoms with van der Waals surface area (Å²) in [6, 6.07) is 20.0. The standard InChI is InChI=1S/C17H18O2/c1-13(15-9-5-3-6-10-15)17(19-14(2)18)16-11-7-4-8-12-16/h3-13,17H,1-2H3. The van der Waals surface area contributed by atoms with Crippen molar-refractivity contribution in [2.45, 2.75) is 25.9 Å². The maximum atomic E-state index is 11.3. The van der Waals surface area contributed by atoms with Gasteiger partial charge in [0.15, 0.2) is 0 Å². The van der Waals surface area contributed by atoms with Gasteiger partial charge in [-0.1, -0.05) is 67.6 Å². The summed E-state index contributed by atoms with van der Waals surface area (Å²) in [6.07, 6.45) is -0.249. The van der Waals surface area contributed by atoms with Crippen LogP contribution in [0, 0.1) is 0 Å². The molecule has 2 rings (SSSR count). The van der Waals surface area contributed by atoms with E-state index in [1.807, 2.05) is 48.5 Å². The van der Waals surface area contributed by atoms with Gasteiger partial charge in [-0.2, -0.15) is 0 Å². The number of carbonyl (C=O) groups is 1. The number of rotatable bonds is 4. The second-order valence-electron chi connectivity index (χ2n) is 4.64. The monoisotopic (exact) mass is 254 g/mol. The summed E-state index contributed by atoms with van der Waals surface area (Å²) < 4.78 is 5.51. The quantitative estimate of drug-likeness (QED) is 0.768. The molecule has 0 aliphatic carbocycles. The van der Waals surface area contributed by atoms with Crippen molar-refractivity contribution in [3.63, 3.8) is 0 Å². The van der Waals surface area contributed by atoms with Crippen LogP contribution in [-0.2, 0) is 9.53 Å². The predicted octanol–water partition coefficient (Wildman–Crippen LogP) is 4.09. The van der Waals surface area contributed by atoms with Crippen molar-refractivity contribution in [1.29, 1.82) is 0 Å². The largest absolute Gasteiger partial charge is 0.457 e. The predicted molar refractivity (Wildman–Crippen MR) is 75.8 cm³/mol. The molecular formula is C17H18O2. The van der Waals surface area contributed by atoms with E-state index in [-0.39, 0.29) is 18.0 Å². The van der Waals surface area contributed by atoms with Crippen LogP contribution in [0.5, 0.6) is 0 Å². The summed E-state index contributed by atoms with van der Waals surface area (Å²) in [5.41, 5.74) is 2.19. The lowest BCUT2D eigenvalue weighted by atomic mass is 9.90. The molecule has 0 bridgehead atoms. The first-order valence-electron chi connectivity index (χ1n) is 6.45. The van der Waals surface area contributed by atoms with Crippen LogP contribution in [0.4, 0.5) is 0 Å². The highest BCUT2D eigenvalue weighted by atomic mass is 16.5. The molecule has 2 unspecified atom stereocenters. The Kier molecular flexibility index (Phi) is 4.35. The van der Waals surface area contributed by atoms with Crippen molar-refractivity contribution < 1.29 is 9.53 Å². The molecule has 2 aromatic carbocycles. The van der Waals surface area contributed by atoms with Crippen LogP contribution in [0.1, 0.15) is 37.0 Å². The molecule has 0 N–H and O–H groups in total. The summed E-state index contributed by atoms with van der Waals surface area (Å²) >= 11 is 0.